The molecule has 0 bridgehead atoms. The van der Waals surface area contributed by atoms with Gasteiger partial charge in [0.15, 0.2) is 0 Å². The van der Waals surface area contributed by atoms with Gasteiger partial charge in [0.05, 0.1) is 12.8 Å². The molecule has 0 fully saturated rings. The van der Waals surface area contributed by atoms with E-state index < -0.39 is 11.8 Å². The molecular formula is C12H9FO3. The quantitative estimate of drug-likeness (QED) is 0.618. The summed E-state index contributed by atoms with van der Waals surface area (Å²) in [6.07, 6.45) is 0.397. The lowest BCUT2D eigenvalue weighted by molar-refractivity contribution is -0.136. The van der Waals surface area contributed by atoms with Gasteiger partial charge in [0.1, 0.15) is 12.1 Å². The summed E-state index contributed by atoms with van der Waals surface area (Å²) in [6, 6.07) is 4.07. The van der Waals surface area contributed by atoms with Crippen molar-refractivity contribution in [3.05, 3.63) is 35.1 Å². The van der Waals surface area contributed by atoms with E-state index in [1.807, 2.05) is 0 Å². The zero-order chi connectivity index (χ0) is 12.0. The number of hydrogen-bond donors (Lipinski definition) is 1. The molecule has 1 rings (SSSR count). The van der Waals surface area contributed by atoms with Crippen LogP contribution in [0.3, 0.4) is 0 Å². The number of aliphatic carboxylic acids is 1. The van der Waals surface area contributed by atoms with E-state index in [1.54, 1.807) is 0 Å². The van der Waals surface area contributed by atoms with Gasteiger partial charge in [-0.1, -0.05) is 17.9 Å². The van der Waals surface area contributed by atoms with Crippen LogP contribution in [0, 0.1) is 17.7 Å². The molecule has 0 aliphatic carbocycles. The summed E-state index contributed by atoms with van der Waals surface area (Å²) in [7, 11) is 0. The number of carboxylic acids is 1. The lowest BCUT2D eigenvalue weighted by atomic mass is 10.1. The highest BCUT2D eigenvalue weighted by molar-refractivity contribution is 5.70. The first kappa shape index (κ1) is 11.9. The van der Waals surface area contributed by atoms with E-state index in [9.17, 15) is 14.0 Å². The van der Waals surface area contributed by atoms with Gasteiger partial charge in [-0.15, -0.1) is 0 Å². The van der Waals surface area contributed by atoms with Gasteiger partial charge in [-0.3, -0.25) is 4.79 Å². The molecule has 82 valence electrons. The van der Waals surface area contributed by atoms with E-state index in [1.165, 1.54) is 12.1 Å². The molecule has 0 heterocycles. The molecule has 0 unspecified atom stereocenters. The Kier molecular flexibility index (Phi) is 4.22. The summed E-state index contributed by atoms with van der Waals surface area (Å²) in [4.78, 5) is 20.4. The van der Waals surface area contributed by atoms with Crippen molar-refractivity contribution >= 4 is 12.3 Å². The summed E-state index contributed by atoms with van der Waals surface area (Å²) in [5.74, 6) is 3.45. The van der Waals surface area contributed by atoms with Crippen LogP contribution >= 0.6 is 0 Å². The zero-order valence-corrected chi connectivity index (χ0v) is 8.37. The SMILES string of the molecule is O=CCC#Cc1ccc(CC(=O)O)c(F)c1. The maximum atomic E-state index is 13.3. The predicted octanol–water partition coefficient (Wildman–Crippen LogP) is 1.39. The molecule has 4 heteroatoms. The van der Waals surface area contributed by atoms with Crippen LogP contribution < -0.4 is 0 Å². The van der Waals surface area contributed by atoms with E-state index in [0.717, 1.165) is 6.07 Å². The van der Waals surface area contributed by atoms with Gasteiger partial charge in [0, 0.05) is 5.56 Å². The first-order valence-corrected chi connectivity index (χ1v) is 4.56. The van der Waals surface area contributed by atoms with Crippen molar-refractivity contribution in [1.29, 1.82) is 0 Å². The van der Waals surface area contributed by atoms with Crippen molar-refractivity contribution in [2.45, 2.75) is 12.8 Å². The van der Waals surface area contributed by atoms with Gasteiger partial charge in [0.25, 0.3) is 0 Å². The van der Waals surface area contributed by atoms with Crippen LogP contribution in [0.5, 0.6) is 0 Å². The number of carboxylic acid groups (broad SMARTS) is 1. The Morgan fingerprint density at radius 3 is 2.81 bits per heavy atom. The van der Waals surface area contributed by atoms with E-state index in [4.69, 9.17) is 5.11 Å². The van der Waals surface area contributed by atoms with Crippen molar-refractivity contribution < 1.29 is 19.1 Å². The molecule has 0 atom stereocenters. The fourth-order valence-corrected chi connectivity index (χ4v) is 1.13. The van der Waals surface area contributed by atoms with Gasteiger partial charge in [-0.05, 0) is 17.7 Å². The molecule has 3 nitrogen and oxygen atoms in total. The van der Waals surface area contributed by atoms with Gasteiger partial charge in [-0.25, -0.2) is 4.39 Å². The van der Waals surface area contributed by atoms with Crippen LogP contribution in [0.2, 0.25) is 0 Å². The summed E-state index contributed by atoms with van der Waals surface area (Å²) >= 11 is 0. The Bertz CT molecular complexity index is 469. The molecule has 0 aliphatic heterocycles. The summed E-state index contributed by atoms with van der Waals surface area (Å²) in [6.45, 7) is 0. The summed E-state index contributed by atoms with van der Waals surface area (Å²) in [5.41, 5.74) is 0.543. The standard InChI is InChI=1S/C12H9FO3/c13-11-7-9(3-1-2-6-14)4-5-10(11)8-12(15)16/h4-7H,2,8H2,(H,15,16). The first-order valence-electron chi connectivity index (χ1n) is 4.56. The Labute approximate surface area is 91.9 Å². The van der Waals surface area contributed by atoms with E-state index >= 15 is 0 Å². The smallest absolute Gasteiger partial charge is 0.307 e. The van der Waals surface area contributed by atoms with Gasteiger partial charge >= 0.3 is 5.97 Å². The second kappa shape index (κ2) is 5.66. The highest BCUT2D eigenvalue weighted by Crippen LogP contribution is 2.10. The minimum atomic E-state index is -1.08. The maximum Gasteiger partial charge on any atom is 0.307 e. The molecule has 0 aromatic heterocycles. The van der Waals surface area contributed by atoms with Crippen LogP contribution in [0.4, 0.5) is 4.39 Å². The molecule has 0 spiro atoms. The summed E-state index contributed by atoms with van der Waals surface area (Å²) < 4.78 is 13.3. The highest BCUT2D eigenvalue weighted by Gasteiger charge is 2.06. The zero-order valence-electron chi connectivity index (χ0n) is 8.37. The monoisotopic (exact) mass is 220 g/mol. The average Bonchev–Trinajstić information content (AvgIpc) is 2.22. The number of rotatable bonds is 3. The minimum absolute atomic E-state index is 0.0957. The number of carbonyl (C=O) groups excluding carboxylic acids is 1. The number of benzene rings is 1. The van der Waals surface area contributed by atoms with Gasteiger partial charge in [0.2, 0.25) is 0 Å². The molecule has 0 aliphatic rings. The van der Waals surface area contributed by atoms with Crippen LogP contribution in [-0.4, -0.2) is 17.4 Å². The van der Waals surface area contributed by atoms with Crippen LogP contribution in [-0.2, 0) is 16.0 Å². The van der Waals surface area contributed by atoms with Crippen molar-refractivity contribution in [2.24, 2.45) is 0 Å². The predicted molar refractivity (Wildman–Crippen MR) is 55.3 cm³/mol. The van der Waals surface area contributed by atoms with Crippen molar-refractivity contribution in [1.82, 2.24) is 0 Å². The van der Waals surface area contributed by atoms with Crippen LogP contribution in [0.15, 0.2) is 18.2 Å². The number of carbonyl (C=O) groups is 2. The van der Waals surface area contributed by atoms with Crippen LogP contribution in [0.25, 0.3) is 0 Å². The first-order chi connectivity index (χ1) is 7.63. The van der Waals surface area contributed by atoms with Crippen LogP contribution in [0.1, 0.15) is 17.5 Å². The van der Waals surface area contributed by atoms with Gasteiger partial charge in [-0.2, -0.15) is 0 Å². The lowest BCUT2D eigenvalue weighted by Crippen LogP contribution is -2.02. The molecule has 16 heavy (non-hydrogen) atoms. The number of aldehydes is 1. The molecule has 0 amide bonds. The lowest BCUT2D eigenvalue weighted by Gasteiger charge is -1.99. The van der Waals surface area contributed by atoms with Gasteiger partial charge < -0.3 is 9.90 Å². The Morgan fingerprint density at radius 1 is 1.50 bits per heavy atom. The normalized spacial score (nSPS) is 9.06. The Hall–Kier alpha value is -2.15. The molecule has 0 radical (unpaired) electrons. The minimum Gasteiger partial charge on any atom is -0.481 e. The van der Waals surface area contributed by atoms with E-state index in [0.29, 0.717) is 11.8 Å². The summed E-state index contributed by atoms with van der Waals surface area (Å²) in [5, 5.41) is 8.50. The van der Waals surface area contributed by atoms with Crippen molar-refractivity contribution in [3.63, 3.8) is 0 Å². The molecule has 1 aromatic carbocycles. The highest BCUT2D eigenvalue weighted by atomic mass is 19.1. The Morgan fingerprint density at radius 2 is 2.25 bits per heavy atom. The molecule has 1 aromatic rings. The third-order valence-corrected chi connectivity index (χ3v) is 1.81. The molecule has 0 saturated heterocycles. The van der Waals surface area contributed by atoms with Crippen molar-refractivity contribution in [2.75, 3.05) is 0 Å². The second-order valence-corrected chi connectivity index (χ2v) is 3.05. The molecular weight excluding hydrogens is 211 g/mol. The van der Waals surface area contributed by atoms with Crippen molar-refractivity contribution in [3.8, 4) is 11.8 Å². The molecule has 0 saturated carbocycles. The fourth-order valence-electron chi connectivity index (χ4n) is 1.13. The van der Waals surface area contributed by atoms with E-state index in [-0.39, 0.29) is 18.4 Å². The number of hydrogen-bond acceptors (Lipinski definition) is 2. The Balaban J connectivity index is 2.87. The third kappa shape index (κ3) is 3.54. The van der Waals surface area contributed by atoms with E-state index in [2.05, 4.69) is 11.8 Å². The third-order valence-electron chi connectivity index (χ3n) is 1.81. The number of halogens is 1. The molecule has 1 N–H and O–H groups in total. The average molecular weight is 220 g/mol. The topological polar surface area (TPSA) is 54.4 Å². The largest absolute Gasteiger partial charge is 0.481 e. The fraction of sp³-hybridized carbons (Fsp3) is 0.167. The maximum absolute atomic E-state index is 13.3. The second-order valence-electron chi connectivity index (χ2n) is 3.05.